The number of pyridine rings is 2. The van der Waals surface area contributed by atoms with E-state index in [9.17, 15) is 8.42 Å². The van der Waals surface area contributed by atoms with Crippen LogP contribution in [0.2, 0.25) is 0 Å². The Labute approximate surface area is 133 Å². The van der Waals surface area contributed by atoms with Gasteiger partial charge in [-0.3, -0.25) is 9.71 Å². The highest BCUT2D eigenvalue weighted by atomic mass is 32.2. The van der Waals surface area contributed by atoms with E-state index in [0.717, 1.165) is 0 Å². The maximum absolute atomic E-state index is 12.2. The Morgan fingerprint density at radius 2 is 1.74 bits per heavy atom. The van der Waals surface area contributed by atoms with Crippen molar-refractivity contribution >= 4 is 15.7 Å². The summed E-state index contributed by atoms with van der Waals surface area (Å²) in [5.74, 6) is 0.901. The predicted molar refractivity (Wildman–Crippen MR) is 85.8 cm³/mol. The van der Waals surface area contributed by atoms with Crippen molar-refractivity contribution < 1.29 is 13.2 Å². The van der Waals surface area contributed by atoms with Crippen LogP contribution in [-0.4, -0.2) is 18.4 Å². The molecule has 0 spiro atoms. The molecule has 3 aromatic rings. The SMILES string of the molecule is O=S(=O)(Nc1ccc(Oc2cccnc2)nc1)c1ccccc1. The Balaban J connectivity index is 1.73. The molecule has 3 rings (SSSR count). The molecule has 0 bridgehead atoms. The van der Waals surface area contributed by atoms with Gasteiger partial charge in [-0.1, -0.05) is 18.2 Å². The van der Waals surface area contributed by atoms with Crippen LogP contribution in [0.15, 0.2) is 78.1 Å². The normalized spacial score (nSPS) is 11.0. The molecule has 116 valence electrons. The summed E-state index contributed by atoms with van der Waals surface area (Å²) in [7, 11) is -3.63. The average Bonchev–Trinajstić information content (AvgIpc) is 2.58. The molecule has 0 saturated carbocycles. The molecule has 23 heavy (non-hydrogen) atoms. The van der Waals surface area contributed by atoms with E-state index < -0.39 is 10.0 Å². The molecule has 2 heterocycles. The second-order valence-electron chi connectivity index (χ2n) is 4.59. The lowest BCUT2D eigenvalue weighted by Gasteiger charge is -2.08. The van der Waals surface area contributed by atoms with E-state index >= 15 is 0 Å². The van der Waals surface area contributed by atoms with Gasteiger partial charge in [0.05, 0.1) is 23.0 Å². The quantitative estimate of drug-likeness (QED) is 0.779. The molecule has 2 aromatic heterocycles. The second-order valence-corrected chi connectivity index (χ2v) is 6.28. The van der Waals surface area contributed by atoms with Gasteiger partial charge in [0.1, 0.15) is 5.75 Å². The van der Waals surface area contributed by atoms with Crippen LogP contribution >= 0.6 is 0 Å². The molecule has 0 radical (unpaired) electrons. The topological polar surface area (TPSA) is 81.2 Å². The molecular weight excluding hydrogens is 314 g/mol. The molecule has 0 fully saturated rings. The van der Waals surface area contributed by atoms with Gasteiger partial charge in [-0.25, -0.2) is 13.4 Å². The number of ether oxygens (including phenoxy) is 1. The minimum atomic E-state index is -3.63. The number of hydrogen-bond donors (Lipinski definition) is 1. The molecule has 1 aromatic carbocycles. The third-order valence-corrected chi connectivity index (χ3v) is 4.30. The summed E-state index contributed by atoms with van der Waals surface area (Å²) >= 11 is 0. The van der Waals surface area contributed by atoms with Crippen molar-refractivity contribution in [1.29, 1.82) is 0 Å². The molecule has 6 nitrogen and oxygen atoms in total. The minimum absolute atomic E-state index is 0.190. The molecular formula is C16H13N3O3S. The molecule has 0 saturated heterocycles. The highest BCUT2D eigenvalue weighted by molar-refractivity contribution is 7.92. The number of rotatable bonds is 5. The fraction of sp³-hybridized carbons (Fsp3) is 0. The van der Waals surface area contributed by atoms with Crippen LogP contribution in [0.1, 0.15) is 0 Å². The van der Waals surface area contributed by atoms with Gasteiger partial charge < -0.3 is 4.74 Å². The van der Waals surface area contributed by atoms with Crippen LogP contribution < -0.4 is 9.46 Å². The van der Waals surface area contributed by atoms with Crippen molar-refractivity contribution in [1.82, 2.24) is 9.97 Å². The Kier molecular flexibility index (Phi) is 4.20. The van der Waals surface area contributed by atoms with E-state index in [1.807, 2.05) is 0 Å². The summed E-state index contributed by atoms with van der Waals surface area (Å²) < 4.78 is 32.4. The number of nitrogens with zero attached hydrogens (tertiary/aromatic N) is 2. The first-order chi connectivity index (χ1) is 11.1. The van der Waals surface area contributed by atoms with E-state index in [4.69, 9.17) is 4.74 Å². The van der Waals surface area contributed by atoms with Crippen molar-refractivity contribution in [2.24, 2.45) is 0 Å². The summed E-state index contributed by atoms with van der Waals surface area (Å²) in [4.78, 5) is 8.20. The number of anilines is 1. The molecule has 1 N–H and O–H groups in total. The van der Waals surface area contributed by atoms with Crippen LogP contribution in [0, 0.1) is 0 Å². The zero-order valence-electron chi connectivity index (χ0n) is 12.0. The van der Waals surface area contributed by atoms with Gasteiger partial charge in [0.2, 0.25) is 5.88 Å². The number of aromatic nitrogens is 2. The minimum Gasteiger partial charge on any atom is -0.437 e. The standard InChI is InChI=1S/C16H13N3O3S/c20-23(21,15-6-2-1-3-7-15)19-13-8-9-16(18-11-13)22-14-5-4-10-17-12-14/h1-12,19H. The number of benzene rings is 1. The monoisotopic (exact) mass is 327 g/mol. The fourth-order valence-electron chi connectivity index (χ4n) is 1.84. The zero-order valence-corrected chi connectivity index (χ0v) is 12.8. The van der Waals surface area contributed by atoms with Crippen LogP contribution in [0.3, 0.4) is 0 Å². The predicted octanol–water partition coefficient (Wildman–Crippen LogP) is 3.07. The fourth-order valence-corrected chi connectivity index (χ4v) is 2.91. The molecule has 0 unspecified atom stereocenters. The first-order valence-corrected chi connectivity index (χ1v) is 8.24. The molecule has 0 aliphatic carbocycles. The first-order valence-electron chi connectivity index (χ1n) is 6.75. The molecule has 0 aliphatic heterocycles. The van der Waals surface area contributed by atoms with E-state index in [1.165, 1.54) is 18.3 Å². The third kappa shape index (κ3) is 3.83. The molecule has 0 aliphatic rings. The van der Waals surface area contributed by atoms with Gasteiger partial charge in [-0.2, -0.15) is 0 Å². The summed E-state index contributed by atoms with van der Waals surface area (Å²) in [5, 5.41) is 0. The summed E-state index contributed by atoms with van der Waals surface area (Å²) in [6, 6.07) is 14.8. The molecule has 0 atom stereocenters. The van der Waals surface area contributed by atoms with Crippen molar-refractivity contribution in [2.45, 2.75) is 4.90 Å². The van der Waals surface area contributed by atoms with Crippen LogP contribution in [-0.2, 0) is 10.0 Å². The van der Waals surface area contributed by atoms with Crippen molar-refractivity contribution in [3.8, 4) is 11.6 Å². The average molecular weight is 327 g/mol. The zero-order chi connectivity index (χ0) is 16.1. The largest absolute Gasteiger partial charge is 0.437 e. The van der Waals surface area contributed by atoms with Gasteiger partial charge in [0, 0.05) is 12.3 Å². The number of sulfonamides is 1. The molecule has 0 amide bonds. The smallest absolute Gasteiger partial charge is 0.261 e. The van der Waals surface area contributed by atoms with E-state index in [-0.39, 0.29) is 4.90 Å². The summed E-state index contributed by atoms with van der Waals surface area (Å²) in [6.45, 7) is 0. The Morgan fingerprint density at radius 1 is 0.913 bits per heavy atom. The Morgan fingerprint density at radius 3 is 2.39 bits per heavy atom. The Bertz CT molecular complexity index is 867. The van der Waals surface area contributed by atoms with Crippen molar-refractivity contribution in [2.75, 3.05) is 4.72 Å². The lowest BCUT2D eigenvalue weighted by atomic mass is 10.4. The lowest BCUT2D eigenvalue weighted by molar-refractivity contribution is 0.461. The molecule has 7 heteroatoms. The lowest BCUT2D eigenvalue weighted by Crippen LogP contribution is -2.12. The van der Waals surface area contributed by atoms with Gasteiger partial charge in [-0.05, 0) is 30.3 Å². The van der Waals surface area contributed by atoms with Crippen molar-refractivity contribution in [3.63, 3.8) is 0 Å². The second kappa shape index (κ2) is 6.45. The van der Waals surface area contributed by atoms with E-state index in [1.54, 1.807) is 54.9 Å². The number of nitrogens with one attached hydrogen (secondary N) is 1. The van der Waals surface area contributed by atoms with Gasteiger partial charge >= 0.3 is 0 Å². The highest BCUT2D eigenvalue weighted by Crippen LogP contribution is 2.20. The van der Waals surface area contributed by atoms with Crippen LogP contribution in [0.4, 0.5) is 5.69 Å². The third-order valence-electron chi connectivity index (χ3n) is 2.90. The Hall–Kier alpha value is -2.93. The first kappa shape index (κ1) is 15.0. The summed E-state index contributed by atoms with van der Waals surface area (Å²) in [6.07, 6.45) is 4.60. The van der Waals surface area contributed by atoms with Gasteiger partial charge in [-0.15, -0.1) is 0 Å². The van der Waals surface area contributed by atoms with E-state index in [0.29, 0.717) is 17.3 Å². The van der Waals surface area contributed by atoms with Crippen molar-refractivity contribution in [3.05, 3.63) is 73.2 Å². The van der Waals surface area contributed by atoms with Gasteiger partial charge in [0.15, 0.2) is 0 Å². The number of hydrogen-bond acceptors (Lipinski definition) is 5. The summed E-state index contributed by atoms with van der Waals surface area (Å²) in [5.41, 5.74) is 0.354. The van der Waals surface area contributed by atoms with Gasteiger partial charge in [0.25, 0.3) is 10.0 Å². The van der Waals surface area contributed by atoms with Crippen LogP contribution in [0.25, 0.3) is 0 Å². The van der Waals surface area contributed by atoms with Crippen LogP contribution in [0.5, 0.6) is 11.6 Å². The maximum atomic E-state index is 12.2. The van der Waals surface area contributed by atoms with E-state index in [2.05, 4.69) is 14.7 Å². The highest BCUT2D eigenvalue weighted by Gasteiger charge is 2.13. The maximum Gasteiger partial charge on any atom is 0.261 e.